The summed E-state index contributed by atoms with van der Waals surface area (Å²) in [5, 5.41) is 13.1. The van der Waals surface area contributed by atoms with Gasteiger partial charge in [-0.1, -0.05) is 18.2 Å². The quantitative estimate of drug-likeness (QED) is 0.696. The van der Waals surface area contributed by atoms with Crippen molar-refractivity contribution in [1.29, 1.82) is 0 Å². The van der Waals surface area contributed by atoms with Crippen LogP contribution in [0.1, 0.15) is 16.1 Å². The van der Waals surface area contributed by atoms with Crippen molar-refractivity contribution >= 4 is 22.6 Å². The van der Waals surface area contributed by atoms with E-state index in [0.717, 1.165) is 5.39 Å². The Balaban J connectivity index is 1.86. The molecule has 1 heterocycles. The molecular formula is C16H13NO3. The SMILES string of the molecule is Cc1cc(NC(=O)c2cc3ccccc3o2)ccc1O. The molecular weight excluding hydrogens is 254 g/mol. The summed E-state index contributed by atoms with van der Waals surface area (Å²) >= 11 is 0. The van der Waals surface area contributed by atoms with E-state index in [0.29, 0.717) is 16.8 Å². The van der Waals surface area contributed by atoms with Crippen molar-refractivity contribution in [2.45, 2.75) is 6.92 Å². The third-order valence-electron chi connectivity index (χ3n) is 3.10. The number of benzene rings is 2. The van der Waals surface area contributed by atoms with Crippen molar-refractivity contribution in [1.82, 2.24) is 0 Å². The fraction of sp³-hybridized carbons (Fsp3) is 0.0625. The minimum atomic E-state index is -0.314. The highest BCUT2D eigenvalue weighted by atomic mass is 16.3. The lowest BCUT2D eigenvalue weighted by Gasteiger charge is -2.05. The summed E-state index contributed by atoms with van der Waals surface area (Å²) in [4.78, 5) is 12.1. The lowest BCUT2D eigenvalue weighted by molar-refractivity contribution is 0.0998. The number of nitrogens with one attached hydrogen (secondary N) is 1. The van der Waals surface area contributed by atoms with Gasteiger partial charge in [0, 0.05) is 11.1 Å². The van der Waals surface area contributed by atoms with Gasteiger partial charge in [-0.2, -0.15) is 0 Å². The fourth-order valence-electron chi connectivity index (χ4n) is 2.02. The van der Waals surface area contributed by atoms with Gasteiger partial charge in [-0.15, -0.1) is 0 Å². The summed E-state index contributed by atoms with van der Waals surface area (Å²) in [6.07, 6.45) is 0. The number of rotatable bonds is 2. The fourth-order valence-corrected chi connectivity index (χ4v) is 2.02. The maximum atomic E-state index is 12.1. The summed E-state index contributed by atoms with van der Waals surface area (Å²) in [7, 11) is 0. The van der Waals surface area contributed by atoms with Gasteiger partial charge in [0.2, 0.25) is 0 Å². The van der Waals surface area contributed by atoms with E-state index in [1.165, 1.54) is 0 Å². The van der Waals surface area contributed by atoms with Gasteiger partial charge < -0.3 is 14.8 Å². The van der Waals surface area contributed by atoms with Crippen molar-refractivity contribution in [3.05, 3.63) is 59.9 Å². The van der Waals surface area contributed by atoms with Gasteiger partial charge in [0.15, 0.2) is 5.76 Å². The molecule has 100 valence electrons. The Morgan fingerprint density at radius 3 is 2.70 bits per heavy atom. The zero-order valence-corrected chi connectivity index (χ0v) is 10.9. The van der Waals surface area contributed by atoms with Crippen molar-refractivity contribution in [3.63, 3.8) is 0 Å². The normalized spacial score (nSPS) is 10.7. The average Bonchev–Trinajstić information content (AvgIpc) is 2.87. The Kier molecular flexibility index (Phi) is 2.91. The molecule has 3 aromatic rings. The molecule has 0 aliphatic carbocycles. The summed E-state index contributed by atoms with van der Waals surface area (Å²) < 4.78 is 5.49. The van der Waals surface area contributed by atoms with Gasteiger partial charge >= 0.3 is 0 Å². The van der Waals surface area contributed by atoms with Crippen LogP contribution in [0.3, 0.4) is 0 Å². The molecule has 2 aromatic carbocycles. The van der Waals surface area contributed by atoms with E-state index in [9.17, 15) is 9.90 Å². The van der Waals surface area contributed by atoms with Crippen LogP contribution in [0.25, 0.3) is 11.0 Å². The van der Waals surface area contributed by atoms with Crippen LogP contribution in [0.5, 0.6) is 5.75 Å². The Morgan fingerprint density at radius 1 is 1.15 bits per heavy atom. The molecule has 20 heavy (non-hydrogen) atoms. The highest BCUT2D eigenvalue weighted by molar-refractivity contribution is 6.04. The number of fused-ring (bicyclic) bond motifs is 1. The van der Waals surface area contributed by atoms with Crippen molar-refractivity contribution in [3.8, 4) is 5.75 Å². The molecule has 0 saturated carbocycles. The first-order valence-corrected chi connectivity index (χ1v) is 6.23. The van der Waals surface area contributed by atoms with Crippen molar-refractivity contribution < 1.29 is 14.3 Å². The van der Waals surface area contributed by atoms with E-state index in [-0.39, 0.29) is 17.4 Å². The van der Waals surface area contributed by atoms with E-state index in [1.807, 2.05) is 24.3 Å². The monoisotopic (exact) mass is 267 g/mol. The first-order valence-electron chi connectivity index (χ1n) is 6.23. The van der Waals surface area contributed by atoms with E-state index in [2.05, 4.69) is 5.32 Å². The van der Waals surface area contributed by atoms with Gasteiger partial charge in [-0.05, 0) is 42.8 Å². The van der Waals surface area contributed by atoms with Crippen LogP contribution in [0.4, 0.5) is 5.69 Å². The number of carbonyl (C=O) groups excluding carboxylic acids is 1. The molecule has 1 aromatic heterocycles. The molecule has 0 aliphatic rings. The van der Waals surface area contributed by atoms with Gasteiger partial charge in [-0.25, -0.2) is 0 Å². The summed E-state index contributed by atoms with van der Waals surface area (Å²) in [6.45, 7) is 1.77. The molecule has 0 bridgehead atoms. The topological polar surface area (TPSA) is 62.5 Å². The zero-order chi connectivity index (χ0) is 14.1. The van der Waals surface area contributed by atoms with Crippen LogP contribution in [-0.4, -0.2) is 11.0 Å². The number of hydrogen-bond acceptors (Lipinski definition) is 3. The zero-order valence-electron chi connectivity index (χ0n) is 10.9. The number of phenols is 1. The van der Waals surface area contributed by atoms with E-state index in [4.69, 9.17) is 4.42 Å². The molecule has 2 N–H and O–H groups in total. The number of carbonyl (C=O) groups is 1. The van der Waals surface area contributed by atoms with Crippen LogP contribution in [0.2, 0.25) is 0 Å². The highest BCUT2D eigenvalue weighted by Gasteiger charge is 2.12. The number of phenolic OH excluding ortho intramolecular Hbond substituents is 1. The van der Waals surface area contributed by atoms with Gasteiger partial charge in [0.1, 0.15) is 11.3 Å². The van der Waals surface area contributed by atoms with Gasteiger partial charge in [-0.3, -0.25) is 4.79 Å². The molecule has 0 atom stereocenters. The number of hydrogen-bond donors (Lipinski definition) is 2. The molecule has 3 rings (SSSR count). The number of furan rings is 1. The first kappa shape index (κ1) is 12.3. The van der Waals surface area contributed by atoms with Gasteiger partial charge in [0.25, 0.3) is 5.91 Å². The molecule has 0 saturated heterocycles. The predicted molar refractivity (Wildman–Crippen MR) is 77.0 cm³/mol. The number of amides is 1. The van der Waals surface area contributed by atoms with Gasteiger partial charge in [0.05, 0.1) is 0 Å². The smallest absolute Gasteiger partial charge is 0.291 e. The maximum absolute atomic E-state index is 12.1. The largest absolute Gasteiger partial charge is 0.508 e. The lowest BCUT2D eigenvalue weighted by Crippen LogP contribution is -2.10. The molecule has 4 heteroatoms. The molecule has 0 spiro atoms. The minimum absolute atomic E-state index is 0.201. The first-order chi connectivity index (χ1) is 9.63. The Hall–Kier alpha value is -2.75. The standard InChI is InChI=1S/C16H13NO3/c1-10-8-12(6-7-13(10)18)17-16(19)15-9-11-4-2-3-5-14(11)20-15/h2-9,18H,1H3,(H,17,19). The number of aromatic hydroxyl groups is 1. The molecule has 0 aliphatic heterocycles. The third kappa shape index (κ3) is 2.23. The summed E-state index contributed by atoms with van der Waals surface area (Å²) in [6, 6.07) is 14.1. The second-order valence-electron chi connectivity index (χ2n) is 4.60. The molecule has 0 fully saturated rings. The molecule has 4 nitrogen and oxygen atoms in total. The average molecular weight is 267 g/mol. The Labute approximate surface area is 115 Å². The Morgan fingerprint density at radius 2 is 1.95 bits per heavy atom. The highest BCUT2D eigenvalue weighted by Crippen LogP contribution is 2.22. The maximum Gasteiger partial charge on any atom is 0.291 e. The molecule has 1 amide bonds. The second-order valence-corrected chi connectivity index (χ2v) is 4.60. The number of aryl methyl sites for hydroxylation is 1. The van der Waals surface area contributed by atoms with Crippen molar-refractivity contribution in [2.75, 3.05) is 5.32 Å². The second kappa shape index (κ2) is 4.74. The van der Waals surface area contributed by atoms with Crippen LogP contribution in [-0.2, 0) is 0 Å². The number of para-hydroxylation sites is 1. The van der Waals surface area contributed by atoms with E-state index in [1.54, 1.807) is 31.2 Å². The minimum Gasteiger partial charge on any atom is -0.508 e. The van der Waals surface area contributed by atoms with Crippen LogP contribution < -0.4 is 5.32 Å². The summed E-state index contributed by atoms with van der Waals surface area (Å²) in [5.41, 5.74) is 2.00. The van der Waals surface area contributed by atoms with Crippen LogP contribution in [0, 0.1) is 6.92 Å². The van der Waals surface area contributed by atoms with Crippen LogP contribution in [0.15, 0.2) is 52.9 Å². The Bertz CT molecular complexity index is 756. The molecule has 0 radical (unpaired) electrons. The summed E-state index contributed by atoms with van der Waals surface area (Å²) in [5.74, 6) is 0.148. The third-order valence-corrected chi connectivity index (χ3v) is 3.10. The van der Waals surface area contributed by atoms with Crippen molar-refractivity contribution in [2.24, 2.45) is 0 Å². The predicted octanol–water partition coefficient (Wildman–Crippen LogP) is 3.70. The van der Waals surface area contributed by atoms with E-state index >= 15 is 0 Å². The van der Waals surface area contributed by atoms with Crippen LogP contribution >= 0.6 is 0 Å². The lowest BCUT2D eigenvalue weighted by atomic mass is 10.2. The number of anilines is 1. The van der Waals surface area contributed by atoms with E-state index < -0.39 is 0 Å². The molecule has 0 unspecified atom stereocenters.